The van der Waals surface area contributed by atoms with Crippen molar-refractivity contribution in [3.05, 3.63) is 20.8 Å². The predicted octanol–water partition coefficient (Wildman–Crippen LogP) is 2.60. The Morgan fingerprint density at radius 1 is 1.60 bits per heavy atom. The molecule has 0 saturated carbocycles. The number of nitrogens with one attached hydrogen (secondary N) is 1. The standard InChI is InChI=1S/C14H22BrN3OS/c1-16-14(18-8-6-11(9-18)10-19-2)17-7-5-12-3-4-13(15)20-12/h3-4,11H,5-10H2,1-2H3,(H,16,17). The monoisotopic (exact) mass is 359 g/mol. The predicted molar refractivity (Wildman–Crippen MR) is 88.6 cm³/mol. The summed E-state index contributed by atoms with van der Waals surface area (Å²) in [5, 5.41) is 3.46. The molecule has 4 nitrogen and oxygen atoms in total. The number of rotatable bonds is 5. The van der Waals surface area contributed by atoms with Crippen LogP contribution in [0, 0.1) is 5.92 Å². The van der Waals surface area contributed by atoms with Gasteiger partial charge in [0.25, 0.3) is 0 Å². The van der Waals surface area contributed by atoms with Gasteiger partial charge in [-0.25, -0.2) is 0 Å². The van der Waals surface area contributed by atoms with Crippen molar-refractivity contribution in [2.75, 3.05) is 40.4 Å². The van der Waals surface area contributed by atoms with E-state index in [1.807, 2.05) is 7.05 Å². The Kier molecular flexibility index (Phi) is 6.32. The van der Waals surface area contributed by atoms with Gasteiger partial charge in [0.05, 0.1) is 10.4 Å². The van der Waals surface area contributed by atoms with E-state index in [9.17, 15) is 0 Å². The van der Waals surface area contributed by atoms with Gasteiger partial charge in [0.1, 0.15) is 0 Å². The molecule has 1 atom stereocenters. The molecule has 1 aromatic heterocycles. The van der Waals surface area contributed by atoms with Crippen LogP contribution in [-0.2, 0) is 11.2 Å². The summed E-state index contributed by atoms with van der Waals surface area (Å²) in [5.74, 6) is 1.64. The number of guanidine groups is 1. The van der Waals surface area contributed by atoms with E-state index in [1.54, 1.807) is 18.4 Å². The molecule has 0 aromatic carbocycles. The van der Waals surface area contributed by atoms with Gasteiger partial charge in [-0.3, -0.25) is 4.99 Å². The summed E-state index contributed by atoms with van der Waals surface area (Å²) < 4.78 is 6.43. The minimum Gasteiger partial charge on any atom is -0.384 e. The highest BCUT2D eigenvalue weighted by atomic mass is 79.9. The molecular weight excluding hydrogens is 338 g/mol. The van der Waals surface area contributed by atoms with Gasteiger partial charge in [0, 0.05) is 44.6 Å². The lowest BCUT2D eigenvalue weighted by Crippen LogP contribution is -2.41. The summed E-state index contributed by atoms with van der Waals surface area (Å²) in [6, 6.07) is 4.27. The smallest absolute Gasteiger partial charge is 0.193 e. The Hall–Kier alpha value is -0.590. The minimum atomic E-state index is 0.631. The number of thiophene rings is 1. The van der Waals surface area contributed by atoms with Crippen molar-refractivity contribution in [3.63, 3.8) is 0 Å². The molecule has 6 heteroatoms. The fourth-order valence-corrected chi connectivity index (χ4v) is 4.00. The Balaban J connectivity index is 1.76. The van der Waals surface area contributed by atoms with Crippen LogP contribution >= 0.6 is 27.3 Å². The lowest BCUT2D eigenvalue weighted by atomic mass is 10.1. The summed E-state index contributed by atoms with van der Waals surface area (Å²) in [5.41, 5.74) is 0. The van der Waals surface area contributed by atoms with Gasteiger partial charge < -0.3 is 15.0 Å². The van der Waals surface area contributed by atoms with Crippen molar-refractivity contribution in [1.82, 2.24) is 10.2 Å². The molecule has 1 aliphatic rings. The topological polar surface area (TPSA) is 36.9 Å². The Morgan fingerprint density at radius 2 is 2.45 bits per heavy atom. The molecule has 1 saturated heterocycles. The zero-order valence-corrected chi connectivity index (χ0v) is 14.5. The average molecular weight is 360 g/mol. The van der Waals surface area contributed by atoms with Crippen LogP contribution in [0.1, 0.15) is 11.3 Å². The minimum absolute atomic E-state index is 0.631. The number of methoxy groups -OCH3 is 1. The van der Waals surface area contributed by atoms with E-state index in [-0.39, 0.29) is 0 Å². The summed E-state index contributed by atoms with van der Waals surface area (Å²) in [7, 11) is 3.63. The molecule has 2 rings (SSSR count). The molecule has 2 heterocycles. The van der Waals surface area contributed by atoms with Gasteiger partial charge >= 0.3 is 0 Å². The van der Waals surface area contributed by atoms with Crippen LogP contribution in [0.4, 0.5) is 0 Å². The lowest BCUT2D eigenvalue weighted by molar-refractivity contribution is 0.157. The molecule has 0 spiro atoms. The Bertz CT molecular complexity index is 449. The van der Waals surface area contributed by atoms with E-state index < -0.39 is 0 Å². The summed E-state index contributed by atoms with van der Waals surface area (Å²) in [6.45, 7) is 3.87. The Labute approximate surface area is 133 Å². The quantitative estimate of drug-likeness (QED) is 0.648. The van der Waals surface area contributed by atoms with Gasteiger partial charge in [-0.2, -0.15) is 0 Å². The average Bonchev–Trinajstić information content (AvgIpc) is 3.05. The van der Waals surface area contributed by atoms with Crippen LogP contribution in [0.3, 0.4) is 0 Å². The second-order valence-corrected chi connectivity index (χ2v) is 7.53. The van der Waals surface area contributed by atoms with Gasteiger partial charge in [-0.1, -0.05) is 0 Å². The molecule has 1 aliphatic heterocycles. The summed E-state index contributed by atoms with van der Waals surface area (Å²) in [4.78, 5) is 8.10. The highest BCUT2D eigenvalue weighted by molar-refractivity contribution is 9.11. The number of ether oxygens (including phenoxy) is 1. The molecular formula is C14H22BrN3OS. The van der Waals surface area contributed by atoms with Crippen LogP contribution in [-0.4, -0.2) is 51.3 Å². The number of nitrogens with zero attached hydrogens (tertiary/aromatic N) is 2. The van der Waals surface area contributed by atoms with E-state index in [1.165, 1.54) is 15.1 Å². The summed E-state index contributed by atoms with van der Waals surface area (Å²) in [6.07, 6.45) is 2.22. The fourth-order valence-electron chi connectivity index (χ4n) is 2.51. The maximum atomic E-state index is 5.24. The van der Waals surface area contributed by atoms with Crippen molar-refractivity contribution >= 4 is 33.2 Å². The largest absolute Gasteiger partial charge is 0.384 e. The van der Waals surface area contributed by atoms with Gasteiger partial charge in [0.15, 0.2) is 5.96 Å². The van der Waals surface area contributed by atoms with Crippen molar-refractivity contribution < 1.29 is 4.74 Å². The first-order chi connectivity index (χ1) is 9.72. The van der Waals surface area contributed by atoms with Crippen LogP contribution in [0.25, 0.3) is 0 Å². The van der Waals surface area contributed by atoms with Gasteiger partial charge in [0.2, 0.25) is 0 Å². The van der Waals surface area contributed by atoms with Crippen LogP contribution in [0.15, 0.2) is 20.9 Å². The normalized spacial score (nSPS) is 19.6. The van der Waals surface area contributed by atoms with Crippen LogP contribution in [0.5, 0.6) is 0 Å². The van der Waals surface area contributed by atoms with Gasteiger partial charge in [-0.15, -0.1) is 11.3 Å². The third-order valence-corrected chi connectivity index (χ3v) is 5.17. The van der Waals surface area contributed by atoms with Crippen LogP contribution < -0.4 is 5.32 Å². The molecule has 0 aliphatic carbocycles. The summed E-state index contributed by atoms with van der Waals surface area (Å²) >= 11 is 5.29. The Morgan fingerprint density at radius 3 is 3.10 bits per heavy atom. The molecule has 0 amide bonds. The van der Waals surface area contributed by atoms with E-state index >= 15 is 0 Å². The number of hydrogen-bond acceptors (Lipinski definition) is 3. The van der Waals surface area contributed by atoms with E-state index in [4.69, 9.17) is 4.74 Å². The van der Waals surface area contributed by atoms with Crippen LogP contribution in [0.2, 0.25) is 0 Å². The maximum absolute atomic E-state index is 5.24. The first-order valence-corrected chi connectivity index (χ1v) is 8.52. The van der Waals surface area contributed by atoms with Crippen molar-refractivity contribution in [3.8, 4) is 0 Å². The van der Waals surface area contributed by atoms with E-state index in [0.29, 0.717) is 5.92 Å². The molecule has 112 valence electrons. The number of aliphatic imine (C=N–C) groups is 1. The lowest BCUT2D eigenvalue weighted by Gasteiger charge is -2.21. The van der Waals surface area contributed by atoms with Gasteiger partial charge in [-0.05, 0) is 40.9 Å². The zero-order valence-electron chi connectivity index (χ0n) is 12.1. The third-order valence-electron chi connectivity index (χ3n) is 3.48. The second-order valence-electron chi connectivity index (χ2n) is 4.99. The SMILES string of the molecule is CN=C(NCCc1ccc(Br)s1)N1CCC(COC)C1. The molecule has 1 N–H and O–H groups in total. The molecule has 0 bridgehead atoms. The molecule has 0 radical (unpaired) electrons. The highest BCUT2D eigenvalue weighted by Crippen LogP contribution is 2.22. The number of likely N-dealkylation sites (tertiary alicyclic amines) is 1. The van der Waals surface area contributed by atoms with E-state index in [2.05, 4.69) is 43.3 Å². The molecule has 20 heavy (non-hydrogen) atoms. The fraction of sp³-hybridized carbons (Fsp3) is 0.643. The number of halogens is 1. The van der Waals surface area contributed by atoms with Crippen molar-refractivity contribution in [1.29, 1.82) is 0 Å². The third kappa shape index (κ3) is 4.46. The van der Waals surface area contributed by atoms with Crippen molar-refractivity contribution in [2.45, 2.75) is 12.8 Å². The second kappa shape index (κ2) is 8.00. The van der Waals surface area contributed by atoms with E-state index in [0.717, 1.165) is 38.6 Å². The highest BCUT2D eigenvalue weighted by Gasteiger charge is 2.24. The first-order valence-electron chi connectivity index (χ1n) is 6.91. The maximum Gasteiger partial charge on any atom is 0.193 e. The zero-order chi connectivity index (χ0) is 14.4. The molecule has 1 unspecified atom stereocenters. The van der Waals surface area contributed by atoms with Crippen molar-refractivity contribution in [2.24, 2.45) is 10.9 Å². The molecule has 1 fully saturated rings. The molecule has 1 aromatic rings. The number of hydrogen-bond donors (Lipinski definition) is 1. The first kappa shape index (κ1) is 15.8.